The Morgan fingerprint density at radius 1 is 0.935 bits per heavy atom. The summed E-state index contributed by atoms with van der Waals surface area (Å²) in [5.74, 6) is -1.07. The Morgan fingerprint density at radius 3 is 2.30 bits per heavy atom. The fourth-order valence-corrected chi connectivity index (χ4v) is 6.26. The maximum atomic E-state index is 12.6. The zero-order valence-corrected chi connectivity index (χ0v) is 28.4. The number of ether oxygens (including phenoxy) is 1. The quantitative estimate of drug-likeness (QED) is 0.169. The first-order valence-corrected chi connectivity index (χ1v) is 17.2. The van der Waals surface area contributed by atoms with Gasteiger partial charge in [0.05, 0.1) is 22.4 Å². The van der Waals surface area contributed by atoms with E-state index in [4.69, 9.17) is 16.3 Å². The van der Waals surface area contributed by atoms with Crippen LogP contribution in [0.15, 0.2) is 77.0 Å². The van der Waals surface area contributed by atoms with Crippen LogP contribution in [-0.4, -0.2) is 48.7 Å². The smallest absolute Gasteiger partial charge is 0.407 e. The van der Waals surface area contributed by atoms with Crippen LogP contribution < -0.4 is 16.0 Å². The highest BCUT2D eigenvalue weighted by Gasteiger charge is 2.21. The van der Waals surface area contributed by atoms with Crippen molar-refractivity contribution in [2.75, 3.05) is 11.9 Å². The number of carbonyl (C=O) groups is 3. The number of nitrogens with one attached hydrogen (secondary N) is 3. The third-order valence-electron chi connectivity index (χ3n) is 6.52. The molecule has 3 amide bonds. The topological polar surface area (TPSA) is 144 Å². The molecule has 4 rings (SSSR count). The van der Waals surface area contributed by atoms with E-state index in [0.717, 1.165) is 22.3 Å². The van der Waals surface area contributed by atoms with Crippen LogP contribution in [0.25, 0.3) is 22.4 Å². The van der Waals surface area contributed by atoms with E-state index in [9.17, 15) is 22.8 Å². The van der Waals surface area contributed by atoms with Crippen molar-refractivity contribution in [3.8, 4) is 22.4 Å². The summed E-state index contributed by atoms with van der Waals surface area (Å²) in [7, 11) is -3.55. The van der Waals surface area contributed by atoms with Crippen molar-refractivity contribution in [3.63, 3.8) is 0 Å². The minimum atomic E-state index is -3.55. The molecule has 1 aromatic heterocycles. The average molecular weight is 683 g/mol. The molecule has 0 saturated carbocycles. The van der Waals surface area contributed by atoms with E-state index >= 15 is 0 Å². The van der Waals surface area contributed by atoms with Gasteiger partial charge in [-0.1, -0.05) is 41.9 Å². The number of rotatable bonds is 10. The number of hydrogen-bond acceptors (Lipinski definition) is 8. The van der Waals surface area contributed by atoms with Gasteiger partial charge in [0, 0.05) is 28.1 Å². The summed E-state index contributed by atoms with van der Waals surface area (Å²) in [5.41, 5.74) is 3.60. The molecule has 242 valence electrons. The van der Waals surface area contributed by atoms with Crippen molar-refractivity contribution in [1.29, 1.82) is 0 Å². The highest BCUT2D eigenvalue weighted by atomic mass is 35.5. The molecule has 3 N–H and O–H groups in total. The van der Waals surface area contributed by atoms with E-state index < -0.39 is 38.6 Å². The number of thiazole rings is 1. The van der Waals surface area contributed by atoms with Gasteiger partial charge in [-0.2, -0.15) is 0 Å². The molecule has 0 unspecified atom stereocenters. The molecule has 0 spiro atoms. The molecule has 13 heteroatoms. The molecular formula is C33H35ClN4O6S2. The summed E-state index contributed by atoms with van der Waals surface area (Å²) in [6.45, 7) is 8.54. The maximum Gasteiger partial charge on any atom is 0.407 e. The second kappa shape index (κ2) is 14.4. The Hall–Kier alpha value is -4.26. The van der Waals surface area contributed by atoms with Gasteiger partial charge >= 0.3 is 6.09 Å². The van der Waals surface area contributed by atoms with E-state index in [-0.39, 0.29) is 17.0 Å². The normalized spacial score (nSPS) is 11.6. The molecule has 46 heavy (non-hydrogen) atoms. The Kier molecular flexibility index (Phi) is 10.9. The van der Waals surface area contributed by atoms with Crippen LogP contribution in [0.2, 0.25) is 5.02 Å². The number of hydrogen-bond donors (Lipinski definition) is 3. The standard InChI is InChI=1S/C33H35ClN4O6S2/c1-20(2)46(42,43)27-8-6-7-23(16-27)30(40)35-18-29(39)38-31-37-28(19-45-31)25-13-24(14-26(34)15-25)22-11-9-21(10-12-22)17-36-32(41)44-33(3,4)5/h6-16,19-20H,17-18H2,1-5H3,(H,35,40)(H,36,41)(H,37,38,39). The molecule has 0 atom stereocenters. The highest BCUT2D eigenvalue weighted by molar-refractivity contribution is 7.92. The predicted octanol–water partition coefficient (Wildman–Crippen LogP) is 6.71. The maximum absolute atomic E-state index is 12.6. The van der Waals surface area contributed by atoms with Crippen molar-refractivity contribution in [2.24, 2.45) is 0 Å². The number of aromatic nitrogens is 1. The van der Waals surface area contributed by atoms with Gasteiger partial charge in [0.1, 0.15) is 5.60 Å². The molecule has 10 nitrogen and oxygen atoms in total. The lowest BCUT2D eigenvalue weighted by molar-refractivity contribution is -0.115. The molecule has 0 aliphatic heterocycles. The lowest BCUT2D eigenvalue weighted by Crippen LogP contribution is -2.33. The van der Waals surface area contributed by atoms with Gasteiger partial charge in [-0.3, -0.25) is 9.59 Å². The third kappa shape index (κ3) is 9.38. The van der Waals surface area contributed by atoms with Gasteiger partial charge in [-0.15, -0.1) is 11.3 Å². The summed E-state index contributed by atoms with van der Waals surface area (Å²) in [4.78, 5) is 41.7. The summed E-state index contributed by atoms with van der Waals surface area (Å²) < 4.78 is 30.2. The van der Waals surface area contributed by atoms with Gasteiger partial charge in [0.15, 0.2) is 15.0 Å². The molecule has 3 aromatic carbocycles. The van der Waals surface area contributed by atoms with Crippen LogP contribution in [-0.2, 0) is 25.9 Å². The first-order valence-electron chi connectivity index (χ1n) is 14.4. The predicted molar refractivity (Wildman–Crippen MR) is 181 cm³/mol. The number of benzene rings is 3. The molecule has 4 aromatic rings. The number of sulfone groups is 1. The van der Waals surface area contributed by atoms with Crippen LogP contribution in [0, 0.1) is 0 Å². The summed E-state index contributed by atoms with van der Waals surface area (Å²) in [6.07, 6.45) is -0.484. The number of nitrogens with zero attached hydrogens (tertiary/aromatic N) is 1. The summed E-state index contributed by atoms with van der Waals surface area (Å²) in [6, 6.07) is 18.9. The first-order chi connectivity index (χ1) is 21.6. The molecule has 0 radical (unpaired) electrons. The molecule has 0 aliphatic carbocycles. The van der Waals surface area contributed by atoms with E-state index in [1.165, 1.54) is 35.6 Å². The number of alkyl carbamates (subject to hydrolysis) is 1. The van der Waals surface area contributed by atoms with Crippen molar-refractivity contribution in [3.05, 3.63) is 88.3 Å². The number of anilines is 1. The first kappa shape index (κ1) is 34.6. The fourth-order valence-electron chi connectivity index (χ4n) is 4.18. The number of halogens is 1. The fraction of sp³-hybridized carbons (Fsp3) is 0.273. The molecule has 0 fully saturated rings. The van der Waals surface area contributed by atoms with Crippen molar-refractivity contribution >= 4 is 55.8 Å². The second-order valence-corrected chi connectivity index (χ2v) is 15.5. The Morgan fingerprint density at radius 2 is 1.63 bits per heavy atom. The van der Waals surface area contributed by atoms with E-state index in [1.54, 1.807) is 46.1 Å². The average Bonchev–Trinajstić information content (AvgIpc) is 3.46. The monoisotopic (exact) mass is 682 g/mol. The molecular weight excluding hydrogens is 648 g/mol. The summed E-state index contributed by atoms with van der Waals surface area (Å²) >= 11 is 7.67. The van der Waals surface area contributed by atoms with Gasteiger partial charge in [-0.25, -0.2) is 18.2 Å². The van der Waals surface area contributed by atoms with Crippen LogP contribution in [0.5, 0.6) is 0 Å². The van der Waals surface area contributed by atoms with E-state index in [1.807, 2.05) is 36.4 Å². The Bertz CT molecular complexity index is 1850. The van der Waals surface area contributed by atoms with Gasteiger partial charge in [0.25, 0.3) is 5.91 Å². The van der Waals surface area contributed by atoms with Crippen molar-refractivity contribution in [1.82, 2.24) is 15.6 Å². The highest BCUT2D eigenvalue weighted by Crippen LogP contribution is 2.32. The van der Waals surface area contributed by atoms with Crippen LogP contribution in [0.3, 0.4) is 0 Å². The number of amides is 3. The Balaban J connectivity index is 1.36. The molecule has 0 saturated heterocycles. The lowest BCUT2D eigenvalue weighted by atomic mass is 10.0. The number of carbonyl (C=O) groups excluding carboxylic acids is 3. The molecule has 0 aliphatic rings. The van der Waals surface area contributed by atoms with Crippen LogP contribution in [0.4, 0.5) is 9.93 Å². The second-order valence-electron chi connectivity index (χ2n) is 11.7. The zero-order valence-electron chi connectivity index (χ0n) is 26.0. The van der Waals surface area contributed by atoms with E-state index in [2.05, 4.69) is 20.9 Å². The van der Waals surface area contributed by atoms with Gasteiger partial charge < -0.3 is 20.7 Å². The van der Waals surface area contributed by atoms with Crippen LogP contribution >= 0.6 is 22.9 Å². The Labute approximate surface area is 277 Å². The SMILES string of the molecule is CC(C)S(=O)(=O)c1cccc(C(=O)NCC(=O)Nc2nc(-c3cc(Cl)cc(-c4ccc(CNC(=O)OC(C)(C)C)cc4)c3)cs2)c1. The molecule has 0 bridgehead atoms. The van der Waals surface area contributed by atoms with Crippen molar-refractivity contribution < 1.29 is 27.5 Å². The largest absolute Gasteiger partial charge is 0.444 e. The zero-order chi connectivity index (χ0) is 33.6. The minimum absolute atomic E-state index is 0.0451. The third-order valence-corrected chi connectivity index (χ3v) is 9.65. The van der Waals surface area contributed by atoms with Gasteiger partial charge in [0.2, 0.25) is 5.91 Å². The minimum Gasteiger partial charge on any atom is -0.444 e. The van der Waals surface area contributed by atoms with Gasteiger partial charge in [-0.05, 0) is 87.7 Å². The van der Waals surface area contributed by atoms with E-state index in [0.29, 0.717) is 22.4 Å². The lowest BCUT2D eigenvalue weighted by Gasteiger charge is -2.19. The summed E-state index contributed by atoms with van der Waals surface area (Å²) in [5, 5.41) is 9.93. The van der Waals surface area contributed by atoms with Crippen LogP contribution in [0.1, 0.15) is 50.5 Å². The molecule has 1 heterocycles. The van der Waals surface area contributed by atoms with Crippen molar-refractivity contribution in [2.45, 2.75) is 56.9 Å².